The van der Waals surface area contributed by atoms with Crippen molar-refractivity contribution in [1.82, 2.24) is 40.3 Å². The van der Waals surface area contributed by atoms with E-state index in [-0.39, 0.29) is 48.8 Å². The predicted molar refractivity (Wildman–Crippen MR) is 115 cm³/mol. The number of hydrogen-bond acceptors (Lipinski definition) is 6. The lowest BCUT2D eigenvalue weighted by atomic mass is 10.1. The summed E-state index contributed by atoms with van der Waals surface area (Å²) in [7, 11) is 3.86. The number of amides is 3. The number of aromatic nitrogens is 3. The third kappa shape index (κ3) is 6.43. The number of nitrogens with zero attached hydrogens (tertiary/aromatic N) is 6. The molecule has 0 radical (unpaired) electrons. The minimum Gasteiger partial charge on any atom is -0.355 e. The van der Waals surface area contributed by atoms with Crippen LogP contribution in [0.4, 0.5) is 4.79 Å². The molecule has 2 aliphatic heterocycles. The van der Waals surface area contributed by atoms with E-state index in [2.05, 4.69) is 32.9 Å². The van der Waals surface area contributed by atoms with Gasteiger partial charge in [0.1, 0.15) is 5.69 Å². The fourth-order valence-electron chi connectivity index (χ4n) is 3.53. The normalized spacial score (nSPS) is 21.8. The van der Waals surface area contributed by atoms with Gasteiger partial charge >= 0.3 is 6.03 Å². The maximum Gasteiger partial charge on any atom is 0.320 e. The average molecular weight is 451 g/mol. The van der Waals surface area contributed by atoms with Crippen molar-refractivity contribution >= 4 is 36.8 Å². The van der Waals surface area contributed by atoms with Gasteiger partial charge in [0.2, 0.25) is 5.91 Å². The summed E-state index contributed by atoms with van der Waals surface area (Å²) in [6.07, 6.45) is 2.56. The number of hydrogen-bond donors (Lipinski definition) is 2. The Kier molecular flexibility index (Phi) is 10.1. The van der Waals surface area contributed by atoms with Crippen LogP contribution >= 0.6 is 24.8 Å². The van der Waals surface area contributed by atoms with Crippen LogP contribution in [0.2, 0.25) is 0 Å². The second-order valence-corrected chi connectivity index (χ2v) is 7.36. The number of piperazine rings is 1. The van der Waals surface area contributed by atoms with Crippen molar-refractivity contribution in [2.75, 3.05) is 53.4 Å². The molecule has 1 aromatic rings. The summed E-state index contributed by atoms with van der Waals surface area (Å²) in [5.74, 6) is 0.0258. The van der Waals surface area contributed by atoms with Crippen molar-refractivity contribution in [2.24, 2.45) is 0 Å². The summed E-state index contributed by atoms with van der Waals surface area (Å²) in [6, 6.07) is -0.0712. The molecule has 3 rings (SSSR count). The molecule has 10 nitrogen and oxygen atoms in total. The fraction of sp³-hybridized carbons (Fsp3) is 0.765. The Hall–Kier alpha value is -1.62. The zero-order valence-corrected chi connectivity index (χ0v) is 18.8. The zero-order chi connectivity index (χ0) is 19.4. The molecule has 0 spiro atoms. The maximum atomic E-state index is 12.6. The summed E-state index contributed by atoms with van der Waals surface area (Å²) < 4.78 is 1.80. The van der Waals surface area contributed by atoms with Gasteiger partial charge in [0, 0.05) is 46.3 Å². The van der Waals surface area contributed by atoms with E-state index < -0.39 is 0 Å². The first-order valence-electron chi connectivity index (χ1n) is 9.58. The van der Waals surface area contributed by atoms with Crippen LogP contribution in [-0.2, 0) is 11.3 Å². The first-order valence-corrected chi connectivity index (χ1v) is 9.58. The van der Waals surface area contributed by atoms with Gasteiger partial charge in [0.25, 0.3) is 0 Å². The smallest absolute Gasteiger partial charge is 0.320 e. The number of halogens is 2. The highest BCUT2D eigenvalue weighted by atomic mass is 35.5. The number of rotatable bonds is 5. The van der Waals surface area contributed by atoms with Crippen LogP contribution in [0, 0.1) is 0 Å². The Morgan fingerprint density at radius 1 is 1.28 bits per heavy atom. The van der Waals surface area contributed by atoms with Crippen LogP contribution in [0.15, 0.2) is 6.20 Å². The van der Waals surface area contributed by atoms with Gasteiger partial charge in [-0.05, 0) is 20.4 Å². The highest BCUT2D eigenvalue weighted by Crippen LogP contribution is 2.19. The van der Waals surface area contributed by atoms with E-state index in [9.17, 15) is 9.59 Å². The van der Waals surface area contributed by atoms with Gasteiger partial charge in [-0.25, -0.2) is 9.48 Å². The van der Waals surface area contributed by atoms with Crippen LogP contribution < -0.4 is 10.6 Å². The largest absolute Gasteiger partial charge is 0.355 e. The van der Waals surface area contributed by atoms with Crippen molar-refractivity contribution in [3.05, 3.63) is 11.9 Å². The molecule has 0 unspecified atom stereocenters. The lowest BCUT2D eigenvalue weighted by molar-refractivity contribution is -0.122. The van der Waals surface area contributed by atoms with Crippen LogP contribution in [0.3, 0.4) is 0 Å². The summed E-state index contributed by atoms with van der Waals surface area (Å²) in [5.41, 5.74) is 0.751. The average Bonchev–Trinajstić information content (AvgIpc) is 3.31. The summed E-state index contributed by atoms with van der Waals surface area (Å²) in [4.78, 5) is 30.3. The molecule has 3 heterocycles. The van der Waals surface area contributed by atoms with E-state index in [1.165, 1.54) is 0 Å². The summed E-state index contributed by atoms with van der Waals surface area (Å²) in [5, 5.41) is 14.5. The fourth-order valence-corrected chi connectivity index (χ4v) is 3.53. The molecule has 2 aliphatic rings. The minimum absolute atomic E-state index is 0. The standard InChI is InChI=1S/C17H30N8O2.2ClH/c1-4-18-16(26)15-9-14(10-19-15)25-12-13(20-21-25)11-23(3)17(27)24-7-5-22(2)6-8-24;;/h12,14-15,19H,4-11H2,1-3H3,(H,18,26);2*1H/t14-,15+;;/m1../s1. The first-order chi connectivity index (χ1) is 13.0. The van der Waals surface area contributed by atoms with Gasteiger partial charge in [0.15, 0.2) is 0 Å². The topological polar surface area (TPSA) is 98.6 Å². The molecule has 0 bridgehead atoms. The molecule has 2 atom stereocenters. The second-order valence-electron chi connectivity index (χ2n) is 7.36. The molecule has 0 aromatic carbocycles. The van der Waals surface area contributed by atoms with E-state index in [1.807, 2.05) is 18.0 Å². The number of carbonyl (C=O) groups is 2. The van der Waals surface area contributed by atoms with Crippen molar-refractivity contribution in [2.45, 2.75) is 32.0 Å². The van der Waals surface area contributed by atoms with Crippen molar-refractivity contribution in [1.29, 1.82) is 0 Å². The van der Waals surface area contributed by atoms with Gasteiger partial charge in [-0.1, -0.05) is 5.21 Å². The summed E-state index contributed by atoms with van der Waals surface area (Å²) in [6.45, 7) is 6.94. The molecule has 166 valence electrons. The highest BCUT2D eigenvalue weighted by molar-refractivity contribution is 5.85. The van der Waals surface area contributed by atoms with E-state index in [0.717, 1.165) is 31.9 Å². The molecule has 3 amide bonds. The molecule has 2 saturated heterocycles. The Labute approximate surface area is 184 Å². The molecule has 2 N–H and O–H groups in total. The molecule has 0 aliphatic carbocycles. The van der Waals surface area contributed by atoms with Gasteiger partial charge in [-0.2, -0.15) is 0 Å². The lowest BCUT2D eigenvalue weighted by Crippen LogP contribution is -2.50. The Balaban J connectivity index is 0.00000210. The minimum atomic E-state index is -0.191. The van der Waals surface area contributed by atoms with Crippen LogP contribution in [0.1, 0.15) is 25.1 Å². The highest BCUT2D eigenvalue weighted by Gasteiger charge is 2.31. The van der Waals surface area contributed by atoms with E-state index in [1.54, 1.807) is 16.6 Å². The lowest BCUT2D eigenvalue weighted by Gasteiger charge is -2.34. The number of likely N-dealkylation sites (N-methyl/N-ethyl adjacent to an activating group) is 2. The van der Waals surface area contributed by atoms with Crippen LogP contribution in [0.5, 0.6) is 0 Å². The van der Waals surface area contributed by atoms with Gasteiger partial charge in [0.05, 0.1) is 24.8 Å². The zero-order valence-electron chi connectivity index (χ0n) is 17.2. The second kappa shape index (κ2) is 11.5. The van der Waals surface area contributed by atoms with Crippen LogP contribution in [-0.4, -0.2) is 101 Å². The van der Waals surface area contributed by atoms with E-state index >= 15 is 0 Å². The maximum absolute atomic E-state index is 12.6. The van der Waals surface area contributed by atoms with Gasteiger partial charge in [-0.3, -0.25) is 4.79 Å². The van der Waals surface area contributed by atoms with Crippen LogP contribution in [0.25, 0.3) is 0 Å². The SMILES string of the molecule is CCNC(=O)[C@@H]1C[C@@H](n2cc(CN(C)C(=O)N3CCN(C)CC3)nn2)CN1.Cl.Cl. The third-order valence-corrected chi connectivity index (χ3v) is 5.21. The Bertz CT molecular complexity index is 666. The number of carbonyl (C=O) groups excluding carboxylic acids is 2. The molecular formula is C17H32Cl2N8O2. The molecule has 29 heavy (non-hydrogen) atoms. The molecule has 1 aromatic heterocycles. The molecule has 2 fully saturated rings. The van der Waals surface area contributed by atoms with Gasteiger partial charge < -0.3 is 25.3 Å². The van der Waals surface area contributed by atoms with E-state index in [0.29, 0.717) is 26.1 Å². The monoisotopic (exact) mass is 450 g/mol. The quantitative estimate of drug-likeness (QED) is 0.652. The van der Waals surface area contributed by atoms with Crippen molar-refractivity contribution in [3.8, 4) is 0 Å². The molecule has 0 saturated carbocycles. The van der Waals surface area contributed by atoms with E-state index in [4.69, 9.17) is 0 Å². The number of nitrogens with one attached hydrogen (secondary N) is 2. The summed E-state index contributed by atoms with van der Waals surface area (Å²) >= 11 is 0. The van der Waals surface area contributed by atoms with Gasteiger partial charge in [-0.15, -0.1) is 29.9 Å². The number of urea groups is 1. The Morgan fingerprint density at radius 3 is 2.62 bits per heavy atom. The Morgan fingerprint density at radius 2 is 1.97 bits per heavy atom. The molecule has 12 heteroatoms. The van der Waals surface area contributed by atoms with Crippen molar-refractivity contribution in [3.63, 3.8) is 0 Å². The first kappa shape index (κ1) is 25.4. The molecular weight excluding hydrogens is 419 g/mol. The van der Waals surface area contributed by atoms with Crippen molar-refractivity contribution < 1.29 is 9.59 Å². The predicted octanol–water partition coefficient (Wildman–Crippen LogP) is -0.0400. The third-order valence-electron chi connectivity index (χ3n) is 5.21.